The van der Waals surface area contributed by atoms with Crippen LogP contribution < -0.4 is 5.73 Å². The van der Waals surface area contributed by atoms with Crippen LogP contribution in [0.1, 0.15) is 17.1 Å². The van der Waals surface area contributed by atoms with Gasteiger partial charge < -0.3 is 5.73 Å². The van der Waals surface area contributed by atoms with E-state index in [1.165, 1.54) is 0 Å². The van der Waals surface area contributed by atoms with Crippen LogP contribution in [0.4, 0.5) is 0 Å². The smallest absolute Gasteiger partial charge is 0.251 e. The van der Waals surface area contributed by atoms with Gasteiger partial charge in [0.05, 0.1) is 21.6 Å². The summed E-state index contributed by atoms with van der Waals surface area (Å²) >= 11 is 3.47. The molecule has 2 aromatic heterocycles. The van der Waals surface area contributed by atoms with Gasteiger partial charge in [0.2, 0.25) is 0 Å². The number of hydrogen-bond donors (Lipinski definition) is 1. The van der Waals surface area contributed by atoms with E-state index in [1.807, 2.05) is 13.8 Å². The molecule has 0 amide bonds. The van der Waals surface area contributed by atoms with Gasteiger partial charge in [0.25, 0.3) is 5.95 Å². The Hall–Kier alpha value is -1.27. The van der Waals surface area contributed by atoms with Gasteiger partial charge in [-0.05, 0) is 35.8 Å². The number of halogens is 1. The molecule has 84 valence electrons. The van der Waals surface area contributed by atoms with E-state index in [4.69, 9.17) is 5.73 Å². The minimum atomic E-state index is 0.399. The maximum Gasteiger partial charge on any atom is 0.251 e. The summed E-state index contributed by atoms with van der Waals surface area (Å²) in [5.74, 6) is 0.550. The van der Waals surface area contributed by atoms with Gasteiger partial charge in [0.15, 0.2) is 0 Å². The third kappa shape index (κ3) is 1.85. The van der Waals surface area contributed by atoms with Gasteiger partial charge >= 0.3 is 0 Å². The lowest BCUT2D eigenvalue weighted by Crippen LogP contribution is -2.08. The molecule has 0 bridgehead atoms. The molecule has 0 unspecified atom stereocenters. The highest BCUT2D eigenvalue weighted by Gasteiger charge is 2.12. The molecule has 0 aromatic carbocycles. The fourth-order valence-corrected chi connectivity index (χ4v) is 1.67. The summed E-state index contributed by atoms with van der Waals surface area (Å²) < 4.78 is 2.69. The maximum absolute atomic E-state index is 5.54. The molecule has 0 atom stereocenters. The van der Waals surface area contributed by atoms with E-state index in [2.05, 4.69) is 31.0 Å². The van der Waals surface area contributed by atoms with Crippen LogP contribution >= 0.6 is 15.9 Å². The predicted molar refractivity (Wildman–Crippen MR) is 64.2 cm³/mol. The highest BCUT2D eigenvalue weighted by atomic mass is 79.9. The van der Waals surface area contributed by atoms with Crippen LogP contribution in [-0.2, 0) is 6.54 Å². The van der Waals surface area contributed by atoms with Crippen molar-refractivity contribution in [1.82, 2.24) is 19.7 Å². The first-order valence-corrected chi connectivity index (χ1v) is 5.67. The summed E-state index contributed by atoms with van der Waals surface area (Å²) in [6, 6.07) is 1.80. The van der Waals surface area contributed by atoms with Crippen LogP contribution in [0.25, 0.3) is 5.95 Å². The van der Waals surface area contributed by atoms with Crippen LogP contribution in [0.3, 0.4) is 0 Å². The average molecular weight is 282 g/mol. The fraction of sp³-hybridized carbons (Fsp3) is 0.300. The molecule has 0 aliphatic heterocycles. The Morgan fingerprint density at radius 2 is 2.19 bits per heavy atom. The minimum Gasteiger partial charge on any atom is -0.325 e. The number of rotatable bonds is 2. The molecule has 5 nitrogen and oxygen atoms in total. The third-order valence-corrected chi connectivity index (χ3v) is 3.45. The summed E-state index contributed by atoms with van der Waals surface area (Å²) in [4.78, 5) is 8.51. The van der Waals surface area contributed by atoms with E-state index in [0.29, 0.717) is 12.5 Å². The van der Waals surface area contributed by atoms with Crippen molar-refractivity contribution in [2.75, 3.05) is 0 Å². The van der Waals surface area contributed by atoms with Crippen molar-refractivity contribution < 1.29 is 0 Å². The van der Waals surface area contributed by atoms with Gasteiger partial charge in [-0.3, -0.25) is 0 Å². The number of aryl methyl sites for hydroxylation is 1. The van der Waals surface area contributed by atoms with Crippen molar-refractivity contribution >= 4 is 15.9 Å². The van der Waals surface area contributed by atoms with Gasteiger partial charge in [-0.15, -0.1) is 0 Å². The quantitative estimate of drug-likeness (QED) is 0.906. The monoisotopic (exact) mass is 281 g/mol. The van der Waals surface area contributed by atoms with Crippen LogP contribution in [0.5, 0.6) is 0 Å². The molecule has 2 rings (SSSR count). The molecule has 0 radical (unpaired) electrons. The first-order chi connectivity index (χ1) is 7.63. The number of aromatic nitrogens is 4. The predicted octanol–water partition coefficient (Wildman–Crippen LogP) is 1.50. The molecule has 0 saturated heterocycles. The number of hydrogen-bond acceptors (Lipinski definition) is 4. The van der Waals surface area contributed by atoms with Gasteiger partial charge in [-0.2, -0.15) is 5.10 Å². The van der Waals surface area contributed by atoms with Gasteiger partial charge in [-0.25, -0.2) is 14.6 Å². The Morgan fingerprint density at radius 1 is 1.44 bits per heavy atom. The van der Waals surface area contributed by atoms with E-state index in [1.54, 1.807) is 16.9 Å². The molecule has 0 fully saturated rings. The molecule has 6 heteroatoms. The van der Waals surface area contributed by atoms with E-state index in [0.717, 1.165) is 21.6 Å². The Kier molecular flexibility index (Phi) is 3.02. The Balaban J connectivity index is 2.54. The lowest BCUT2D eigenvalue weighted by atomic mass is 10.4. The molecule has 16 heavy (non-hydrogen) atoms. The number of nitrogens with zero attached hydrogens (tertiary/aromatic N) is 4. The van der Waals surface area contributed by atoms with E-state index < -0.39 is 0 Å². The Bertz CT molecular complexity index is 520. The zero-order chi connectivity index (χ0) is 11.7. The average Bonchev–Trinajstić information content (AvgIpc) is 2.57. The van der Waals surface area contributed by atoms with Gasteiger partial charge in [0.1, 0.15) is 0 Å². The van der Waals surface area contributed by atoms with Crippen molar-refractivity contribution in [3.8, 4) is 5.95 Å². The molecular weight excluding hydrogens is 270 g/mol. The summed E-state index contributed by atoms with van der Waals surface area (Å²) in [5, 5.41) is 4.36. The zero-order valence-electron chi connectivity index (χ0n) is 9.11. The second-order valence-electron chi connectivity index (χ2n) is 3.45. The first-order valence-electron chi connectivity index (χ1n) is 4.87. The molecular formula is C10H12BrN5. The van der Waals surface area contributed by atoms with Crippen LogP contribution in [0.2, 0.25) is 0 Å². The lowest BCUT2D eigenvalue weighted by Gasteiger charge is -2.03. The molecule has 2 aromatic rings. The fourth-order valence-electron chi connectivity index (χ4n) is 1.42. The molecule has 0 saturated carbocycles. The highest BCUT2D eigenvalue weighted by Crippen LogP contribution is 2.21. The third-order valence-electron chi connectivity index (χ3n) is 2.30. The van der Waals surface area contributed by atoms with Crippen LogP contribution in [0, 0.1) is 13.8 Å². The molecule has 2 heterocycles. The van der Waals surface area contributed by atoms with Crippen molar-refractivity contribution in [2.24, 2.45) is 5.73 Å². The summed E-state index contributed by atoms with van der Waals surface area (Å²) in [7, 11) is 0. The molecule has 2 N–H and O–H groups in total. The first kappa shape index (κ1) is 11.2. The Labute approximate surface area is 102 Å². The van der Waals surface area contributed by atoms with E-state index in [9.17, 15) is 0 Å². The summed E-state index contributed by atoms with van der Waals surface area (Å²) in [6.07, 6.45) is 1.69. The van der Waals surface area contributed by atoms with Crippen LogP contribution in [0.15, 0.2) is 16.7 Å². The van der Waals surface area contributed by atoms with Gasteiger partial charge in [-0.1, -0.05) is 0 Å². The molecule has 0 aliphatic rings. The van der Waals surface area contributed by atoms with Crippen molar-refractivity contribution in [2.45, 2.75) is 20.4 Å². The van der Waals surface area contributed by atoms with Crippen LogP contribution in [-0.4, -0.2) is 19.7 Å². The topological polar surface area (TPSA) is 69.6 Å². The summed E-state index contributed by atoms with van der Waals surface area (Å²) in [6.45, 7) is 4.29. The van der Waals surface area contributed by atoms with Crippen molar-refractivity contribution in [1.29, 1.82) is 0 Å². The second kappa shape index (κ2) is 4.31. The zero-order valence-corrected chi connectivity index (χ0v) is 10.7. The van der Waals surface area contributed by atoms with Crippen molar-refractivity contribution in [3.63, 3.8) is 0 Å². The largest absolute Gasteiger partial charge is 0.325 e. The summed E-state index contributed by atoms with van der Waals surface area (Å²) in [5.41, 5.74) is 8.23. The lowest BCUT2D eigenvalue weighted by molar-refractivity contribution is 0.760. The molecule has 0 aliphatic carbocycles. The molecule has 0 spiro atoms. The maximum atomic E-state index is 5.54. The Morgan fingerprint density at radius 3 is 2.75 bits per heavy atom. The number of nitrogens with two attached hydrogens (primary N) is 1. The van der Waals surface area contributed by atoms with E-state index in [-0.39, 0.29) is 0 Å². The second-order valence-corrected chi connectivity index (χ2v) is 4.24. The minimum absolute atomic E-state index is 0.399. The van der Waals surface area contributed by atoms with E-state index >= 15 is 0 Å². The van der Waals surface area contributed by atoms with Crippen molar-refractivity contribution in [3.05, 3.63) is 33.8 Å². The SMILES string of the molecule is Cc1nn(-c2nccc(CN)n2)c(C)c1Br. The highest BCUT2D eigenvalue weighted by molar-refractivity contribution is 9.10. The van der Waals surface area contributed by atoms with Gasteiger partial charge in [0, 0.05) is 12.7 Å². The standard InChI is InChI=1S/C10H12BrN5/c1-6-9(11)7(2)16(15-6)10-13-4-3-8(5-12)14-10/h3-4H,5,12H2,1-2H3. The normalized spacial score (nSPS) is 10.8.